The summed E-state index contributed by atoms with van der Waals surface area (Å²) in [6, 6.07) is 21.8. The van der Waals surface area contributed by atoms with Crippen LogP contribution in [0, 0.1) is 5.41 Å². The van der Waals surface area contributed by atoms with Crippen molar-refractivity contribution in [1.29, 1.82) is 5.41 Å². The van der Waals surface area contributed by atoms with Crippen LogP contribution in [-0.2, 0) is 46.2 Å². The van der Waals surface area contributed by atoms with Gasteiger partial charge in [-0.3, -0.25) is 24.6 Å². The lowest BCUT2D eigenvalue weighted by Crippen LogP contribution is -2.53. The molecule has 4 aromatic rings. The highest BCUT2D eigenvalue weighted by Gasteiger charge is 2.32. The van der Waals surface area contributed by atoms with E-state index in [4.69, 9.17) is 25.4 Å². The lowest BCUT2D eigenvalue weighted by Gasteiger charge is -2.24. The van der Waals surface area contributed by atoms with E-state index in [9.17, 15) is 28.8 Å². The van der Waals surface area contributed by atoms with E-state index in [1.807, 2.05) is 42.5 Å². The zero-order valence-corrected chi connectivity index (χ0v) is 34.3. The van der Waals surface area contributed by atoms with Crippen molar-refractivity contribution in [3.8, 4) is 0 Å². The van der Waals surface area contributed by atoms with Crippen LogP contribution in [0.2, 0.25) is 0 Å². The number of fused-ring (bicyclic) bond motifs is 1. The summed E-state index contributed by atoms with van der Waals surface area (Å²) in [7, 11) is 1.19. The molecule has 0 radical (unpaired) electrons. The van der Waals surface area contributed by atoms with Crippen molar-refractivity contribution in [2.24, 2.45) is 5.73 Å². The number of nitrogens with two attached hydrogens (primary N) is 1. The van der Waals surface area contributed by atoms with Gasteiger partial charge < -0.3 is 41.2 Å². The second-order valence-electron chi connectivity index (χ2n) is 15.8. The molecular formula is C44H52N6O9. The molecule has 4 rings (SSSR count). The molecule has 0 aliphatic carbocycles. The smallest absolute Gasteiger partial charge is 0.408 e. The number of nitrogens with one attached hydrogen (secondary N) is 5. The maximum absolute atomic E-state index is 13.9. The number of carbonyl (C=O) groups is 6. The maximum Gasteiger partial charge on any atom is 0.408 e. The highest BCUT2D eigenvalue weighted by Crippen LogP contribution is 2.21. The van der Waals surface area contributed by atoms with Crippen LogP contribution in [0.15, 0.2) is 91.0 Å². The number of nitrogen functional groups attached to an aromatic ring is 1. The van der Waals surface area contributed by atoms with Gasteiger partial charge in [-0.2, -0.15) is 0 Å². The fraction of sp³-hybridized carbons (Fsp3) is 0.341. The van der Waals surface area contributed by atoms with Gasteiger partial charge in [0.25, 0.3) is 5.91 Å². The van der Waals surface area contributed by atoms with Crippen LogP contribution in [0.4, 0.5) is 10.5 Å². The second-order valence-corrected chi connectivity index (χ2v) is 15.8. The summed E-state index contributed by atoms with van der Waals surface area (Å²) in [4.78, 5) is 80.2. The summed E-state index contributed by atoms with van der Waals surface area (Å²) >= 11 is 0. The average Bonchev–Trinajstić information content (AvgIpc) is 3.15. The van der Waals surface area contributed by atoms with Gasteiger partial charge in [-0.1, -0.05) is 72.8 Å². The number of amides is 4. The summed E-state index contributed by atoms with van der Waals surface area (Å²) in [5.41, 5.74) is 5.94. The molecule has 0 aliphatic heterocycles. The molecule has 15 nitrogen and oxygen atoms in total. The summed E-state index contributed by atoms with van der Waals surface area (Å²) in [5.74, 6) is -3.88. The highest BCUT2D eigenvalue weighted by molar-refractivity contribution is 6.02. The molecule has 0 saturated carbocycles. The Balaban J connectivity index is 1.56. The number of carbonyl (C=O) groups excluding carboxylic acids is 6. The number of hydrogen-bond acceptors (Lipinski definition) is 10. The van der Waals surface area contributed by atoms with E-state index in [2.05, 4.69) is 21.3 Å². The molecule has 7 N–H and O–H groups in total. The van der Waals surface area contributed by atoms with Crippen LogP contribution >= 0.6 is 0 Å². The van der Waals surface area contributed by atoms with Crippen LogP contribution in [0.3, 0.4) is 0 Å². The molecule has 4 amide bonds. The molecule has 0 aromatic heterocycles. The molecular weight excluding hydrogens is 757 g/mol. The van der Waals surface area contributed by atoms with E-state index in [-0.39, 0.29) is 29.9 Å². The Labute approximate surface area is 343 Å². The molecule has 0 bridgehead atoms. The van der Waals surface area contributed by atoms with Crippen LogP contribution in [0.25, 0.3) is 10.8 Å². The van der Waals surface area contributed by atoms with Gasteiger partial charge in [0.2, 0.25) is 11.8 Å². The molecule has 0 aliphatic rings. The second kappa shape index (κ2) is 19.6. The third-order valence-corrected chi connectivity index (χ3v) is 8.62. The van der Waals surface area contributed by atoms with Crippen molar-refractivity contribution in [3.05, 3.63) is 113 Å². The third-order valence-electron chi connectivity index (χ3n) is 8.62. The predicted molar refractivity (Wildman–Crippen MR) is 223 cm³/mol. The molecule has 0 fully saturated rings. The standard InChI is InChI=1S/C44H52N6O9/c1-43(2,3)58-36(51)25-34(40(54)49-35(41(55)57-7)24-29-14-10-13-27-12-8-9-17-32(27)29)48-38(52)30-15-11-16-31(23-30)47-39(53)33(50-42(56)59-44(4,5)6)22-26-18-20-28(21-19-26)37(45)46/h8-21,23,33-35H,22,24-25H2,1-7H3,(H3,45,46)(H,47,53)(H,48,52)(H,49,54)(H,50,56)/t33?,34-,35-/m0/s1. The number of benzene rings is 4. The number of esters is 2. The summed E-state index contributed by atoms with van der Waals surface area (Å²) in [6.45, 7) is 10.0. The lowest BCUT2D eigenvalue weighted by molar-refractivity contribution is -0.156. The largest absolute Gasteiger partial charge is 0.467 e. The number of methoxy groups -OCH3 is 1. The van der Waals surface area contributed by atoms with Gasteiger partial charge in [0.15, 0.2) is 0 Å². The Morgan fingerprint density at radius 3 is 1.97 bits per heavy atom. The van der Waals surface area contributed by atoms with Crippen molar-refractivity contribution in [2.75, 3.05) is 12.4 Å². The highest BCUT2D eigenvalue weighted by atomic mass is 16.6. The van der Waals surface area contributed by atoms with Crippen LogP contribution in [0.5, 0.6) is 0 Å². The molecule has 1 unspecified atom stereocenters. The van der Waals surface area contributed by atoms with Crippen molar-refractivity contribution >= 4 is 58.0 Å². The molecule has 15 heteroatoms. The molecule has 0 heterocycles. The number of alkyl carbamates (subject to hydrolysis) is 1. The molecule has 3 atom stereocenters. The average molecular weight is 809 g/mol. The number of hydrogen-bond donors (Lipinski definition) is 6. The van der Waals surface area contributed by atoms with E-state index in [1.165, 1.54) is 31.4 Å². The first kappa shape index (κ1) is 44.9. The predicted octanol–water partition coefficient (Wildman–Crippen LogP) is 4.93. The number of anilines is 1. The first-order valence-electron chi connectivity index (χ1n) is 18.9. The minimum absolute atomic E-state index is 0.0153. The normalized spacial score (nSPS) is 12.9. The minimum atomic E-state index is -1.49. The third kappa shape index (κ3) is 14.0. The Morgan fingerprint density at radius 2 is 1.32 bits per heavy atom. The monoisotopic (exact) mass is 808 g/mol. The molecule has 59 heavy (non-hydrogen) atoms. The van der Waals surface area contributed by atoms with Crippen molar-refractivity contribution < 1.29 is 43.0 Å². The SMILES string of the molecule is COC(=O)[C@H](Cc1cccc2ccccc12)NC(=O)[C@H](CC(=O)OC(C)(C)C)NC(=O)c1cccc(NC(=O)C(Cc2ccc(C(=N)N)cc2)NC(=O)OC(C)(C)C)c1. The summed E-state index contributed by atoms with van der Waals surface area (Å²) < 4.78 is 15.9. The maximum atomic E-state index is 13.9. The quantitative estimate of drug-likeness (QED) is 0.0411. The van der Waals surface area contributed by atoms with E-state index in [0.29, 0.717) is 11.1 Å². The Hall–Kier alpha value is -6.77. The van der Waals surface area contributed by atoms with E-state index in [1.54, 1.807) is 65.8 Å². The van der Waals surface area contributed by atoms with E-state index in [0.717, 1.165) is 16.3 Å². The first-order chi connectivity index (χ1) is 27.7. The fourth-order valence-electron chi connectivity index (χ4n) is 5.98. The number of rotatable bonds is 15. The van der Waals surface area contributed by atoms with Gasteiger partial charge in [0.05, 0.1) is 13.5 Å². The molecule has 0 saturated heterocycles. The molecule has 0 spiro atoms. The van der Waals surface area contributed by atoms with Crippen LogP contribution in [0.1, 0.15) is 75.0 Å². The van der Waals surface area contributed by atoms with Gasteiger partial charge in [0.1, 0.15) is 35.2 Å². The summed E-state index contributed by atoms with van der Waals surface area (Å²) in [6.07, 6.45) is -1.30. The fourth-order valence-corrected chi connectivity index (χ4v) is 5.98. The number of ether oxygens (including phenoxy) is 3. The van der Waals surface area contributed by atoms with E-state index < -0.39 is 71.5 Å². The van der Waals surface area contributed by atoms with Gasteiger partial charge in [-0.15, -0.1) is 0 Å². The minimum Gasteiger partial charge on any atom is -0.467 e. The van der Waals surface area contributed by atoms with Gasteiger partial charge in [-0.05, 0) is 81.6 Å². The Kier molecular flexibility index (Phi) is 14.9. The molecule has 312 valence electrons. The van der Waals surface area contributed by atoms with Crippen LogP contribution < -0.4 is 27.0 Å². The van der Waals surface area contributed by atoms with Crippen LogP contribution in [-0.4, -0.2) is 78.0 Å². The first-order valence-corrected chi connectivity index (χ1v) is 18.9. The van der Waals surface area contributed by atoms with Gasteiger partial charge in [0, 0.05) is 29.7 Å². The zero-order valence-electron chi connectivity index (χ0n) is 34.3. The summed E-state index contributed by atoms with van der Waals surface area (Å²) in [5, 5.41) is 20.0. The molecule has 4 aromatic carbocycles. The number of amidine groups is 1. The van der Waals surface area contributed by atoms with Gasteiger partial charge in [-0.25, -0.2) is 9.59 Å². The lowest BCUT2D eigenvalue weighted by atomic mass is 9.98. The zero-order chi connectivity index (χ0) is 43.5. The van der Waals surface area contributed by atoms with Gasteiger partial charge >= 0.3 is 18.0 Å². The Morgan fingerprint density at radius 1 is 0.678 bits per heavy atom. The van der Waals surface area contributed by atoms with Crippen molar-refractivity contribution in [3.63, 3.8) is 0 Å². The van der Waals surface area contributed by atoms with Crippen molar-refractivity contribution in [2.45, 2.75) is 90.1 Å². The van der Waals surface area contributed by atoms with Crippen molar-refractivity contribution in [1.82, 2.24) is 16.0 Å². The van der Waals surface area contributed by atoms with E-state index >= 15 is 0 Å². The topological polar surface area (TPSA) is 228 Å². The Bertz CT molecular complexity index is 2190.